The van der Waals surface area contributed by atoms with E-state index in [0.717, 1.165) is 0 Å². The van der Waals surface area contributed by atoms with E-state index in [1.54, 1.807) is 0 Å². The maximum Gasteiger partial charge on any atom is 0.293 e. The van der Waals surface area contributed by atoms with Gasteiger partial charge in [-0.25, -0.2) is 9.37 Å². The molecule has 2 aliphatic rings. The molecule has 2 aliphatic heterocycles. The summed E-state index contributed by atoms with van der Waals surface area (Å²) < 4.78 is 24.6. The number of aromatic nitrogens is 2. The van der Waals surface area contributed by atoms with Crippen LogP contribution in [0.15, 0.2) is 29.1 Å². The van der Waals surface area contributed by atoms with E-state index >= 15 is 0 Å². The molecule has 3 heterocycles. The molecule has 10 heteroatoms. The summed E-state index contributed by atoms with van der Waals surface area (Å²) in [6.07, 6.45) is 1.37. The Kier molecular flexibility index (Phi) is 6.02. The first-order valence-corrected chi connectivity index (χ1v) is 10.6. The second kappa shape index (κ2) is 8.61. The van der Waals surface area contributed by atoms with E-state index in [2.05, 4.69) is 20.2 Å². The average Bonchev–Trinajstić information content (AvgIpc) is 3.23. The molecule has 1 aromatic heterocycles. The molecular weight excluding hydrogens is 419 g/mol. The van der Waals surface area contributed by atoms with Gasteiger partial charge in [0.05, 0.1) is 18.8 Å². The Morgan fingerprint density at radius 3 is 2.50 bits per heavy atom. The van der Waals surface area contributed by atoms with Gasteiger partial charge in [0.25, 0.3) is 11.5 Å². The van der Waals surface area contributed by atoms with E-state index < -0.39 is 28.5 Å². The second-order valence-electron chi connectivity index (χ2n) is 8.57. The molecule has 2 saturated heterocycles. The minimum absolute atomic E-state index is 0.0972. The molecule has 1 spiro atoms. The van der Waals surface area contributed by atoms with Crippen molar-refractivity contribution in [2.75, 3.05) is 26.3 Å². The van der Waals surface area contributed by atoms with Gasteiger partial charge in [-0.05, 0) is 31.5 Å². The first-order valence-electron chi connectivity index (χ1n) is 10.6. The van der Waals surface area contributed by atoms with Crippen molar-refractivity contribution >= 4 is 5.91 Å². The fraction of sp³-hybridized carbons (Fsp3) is 0.500. The zero-order chi connectivity index (χ0) is 22.9. The van der Waals surface area contributed by atoms with Gasteiger partial charge in [0.2, 0.25) is 5.75 Å². The maximum absolute atomic E-state index is 13.1. The summed E-state index contributed by atoms with van der Waals surface area (Å²) in [4.78, 5) is 34.1. The lowest BCUT2D eigenvalue weighted by molar-refractivity contribution is -0.192. The lowest BCUT2D eigenvalue weighted by atomic mass is 9.94. The quantitative estimate of drug-likeness (QED) is 0.639. The SMILES string of the molecule is CC(C)(c1nc(C(=O)NCc2ccc(F)cc2)c(O)c(=O)[nH]1)N1CCC2(CC1)OCCO2. The zero-order valence-electron chi connectivity index (χ0n) is 18.1. The molecule has 2 fully saturated rings. The maximum atomic E-state index is 13.1. The fourth-order valence-corrected chi connectivity index (χ4v) is 4.13. The molecule has 1 aromatic carbocycles. The summed E-state index contributed by atoms with van der Waals surface area (Å²) in [6, 6.07) is 5.65. The molecule has 32 heavy (non-hydrogen) atoms. The van der Waals surface area contributed by atoms with Crippen molar-refractivity contribution in [3.05, 3.63) is 57.5 Å². The predicted molar refractivity (Wildman–Crippen MR) is 113 cm³/mol. The Bertz CT molecular complexity index is 1040. The molecule has 1 amide bonds. The highest BCUT2D eigenvalue weighted by atomic mass is 19.1. The van der Waals surface area contributed by atoms with Gasteiger partial charge < -0.3 is 24.9 Å². The highest BCUT2D eigenvalue weighted by Gasteiger charge is 2.44. The van der Waals surface area contributed by atoms with Crippen LogP contribution in [0.5, 0.6) is 5.75 Å². The summed E-state index contributed by atoms with van der Waals surface area (Å²) in [5, 5.41) is 12.8. The Morgan fingerprint density at radius 1 is 1.25 bits per heavy atom. The molecule has 172 valence electrons. The Balaban J connectivity index is 1.51. The number of nitrogens with zero attached hydrogens (tertiary/aromatic N) is 2. The van der Waals surface area contributed by atoms with Crippen LogP contribution < -0.4 is 10.9 Å². The molecule has 0 bridgehead atoms. The van der Waals surface area contributed by atoms with E-state index in [1.165, 1.54) is 24.3 Å². The van der Waals surface area contributed by atoms with E-state index in [-0.39, 0.29) is 23.9 Å². The molecule has 0 radical (unpaired) electrons. The van der Waals surface area contributed by atoms with E-state index in [9.17, 15) is 19.1 Å². The number of hydrogen-bond acceptors (Lipinski definition) is 7. The van der Waals surface area contributed by atoms with E-state index in [0.29, 0.717) is 44.7 Å². The van der Waals surface area contributed by atoms with Crippen LogP contribution in [-0.2, 0) is 21.6 Å². The summed E-state index contributed by atoms with van der Waals surface area (Å²) in [5.74, 6) is -2.08. The molecule has 0 aliphatic carbocycles. The smallest absolute Gasteiger partial charge is 0.293 e. The fourth-order valence-electron chi connectivity index (χ4n) is 4.13. The number of nitrogens with one attached hydrogen (secondary N) is 2. The second-order valence-corrected chi connectivity index (χ2v) is 8.57. The molecule has 3 N–H and O–H groups in total. The largest absolute Gasteiger partial charge is 0.501 e. The molecule has 2 aromatic rings. The standard InChI is InChI=1S/C22H27FN4O5/c1-21(2,27-9-7-22(8-10-27)31-11-12-32-22)20-25-16(17(28)19(30)26-20)18(29)24-13-14-3-5-15(23)6-4-14/h3-6,28H,7-13H2,1-2H3,(H,24,29)(H,25,26,30). The summed E-state index contributed by atoms with van der Waals surface area (Å²) in [7, 11) is 0. The molecule has 0 saturated carbocycles. The minimum Gasteiger partial charge on any atom is -0.501 e. The van der Waals surface area contributed by atoms with E-state index in [4.69, 9.17) is 9.47 Å². The van der Waals surface area contributed by atoms with Crippen LogP contribution in [0.3, 0.4) is 0 Å². The molecule has 4 rings (SSSR count). The van der Waals surface area contributed by atoms with Gasteiger partial charge in [-0.1, -0.05) is 12.1 Å². The van der Waals surface area contributed by atoms with Crippen molar-refractivity contribution in [3.63, 3.8) is 0 Å². The van der Waals surface area contributed by atoms with Gasteiger partial charge in [-0.15, -0.1) is 0 Å². The molecule has 0 unspecified atom stereocenters. The summed E-state index contributed by atoms with van der Waals surface area (Å²) >= 11 is 0. The lowest BCUT2D eigenvalue weighted by Crippen LogP contribution is -2.52. The topological polar surface area (TPSA) is 117 Å². The number of amides is 1. The van der Waals surface area contributed by atoms with Gasteiger partial charge in [-0.2, -0.15) is 0 Å². The van der Waals surface area contributed by atoms with Crippen molar-refractivity contribution in [1.29, 1.82) is 0 Å². The van der Waals surface area contributed by atoms with Gasteiger partial charge in [0.1, 0.15) is 11.6 Å². The number of aromatic hydroxyl groups is 1. The highest BCUT2D eigenvalue weighted by molar-refractivity contribution is 5.94. The molecular formula is C22H27FN4O5. The number of carbonyl (C=O) groups is 1. The normalized spacial score (nSPS) is 18.7. The third-order valence-electron chi connectivity index (χ3n) is 6.19. The monoisotopic (exact) mass is 446 g/mol. The van der Waals surface area contributed by atoms with Crippen LogP contribution in [0.4, 0.5) is 4.39 Å². The third-order valence-corrected chi connectivity index (χ3v) is 6.19. The number of hydrogen-bond donors (Lipinski definition) is 3. The number of ether oxygens (including phenoxy) is 2. The number of piperidine rings is 1. The number of carbonyl (C=O) groups excluding carboxylic acids is 1. The van der Waals surface area contributed by atoms with Crippen molar-refractivity contribution in [3.8, 4) is 5.75 Å². The lowest BCUT2D eigenvalue weighted by Gasteiger charge is -2.44. The van der Waals surface area contributed by atoms with Crippen LogP contribution >= 0.6 is 0 Å². The summed E-state index contributed by atoms with van der Waals surface area (Å²) in [6.45, 7) is 6.39. The van der Waals surface area contributed by atoms with Gasteiger partial charge in [-0.3, -0.25) is 14.5 Å². The Labute approximate surface area is 184 Å². The first kappa shape index (κ1) is 22.4. The van der Waals surface area contributed by atoms with E-state index in [1.807, 2.05) is 13.8 Å². The number of halogens is 1. The zero-order valence-corrected chi connectivity index (χ0v) is 18.1. The number of aromatic amines is 1. The van der Waals surface area contributed by atoms with Crippen molar-refractivity contribution in [2.24, 2.45) is 0 Å². The van der Waals surface area contributed by atoms with Crippen LogP contribution in [0.1, 0.15) is 48.6 Å². The molecule has 9 nitrogen and oxygen atoms in total. The van der Waals surface area contributed by atoms with Crippen LogP contribution in [0.2, 0.25) is 0 Å². The van der Waals surface area contributed by atoms with Crippen LogP contribution in [0.25, 0.3) is 0 Å². The number of likely N-dealkylation sites (tertiary alicyclic amines) is 1. The number of rotatable bonds is 5. The average molecular weight is 446 g/mol. The predicted octanol–water partition coefficient (Wildman–Crippen LogP) is 1.62. The number of H-pyrrole nitrogens is 1. The summed E-state index contributed by atoms with van der Waals surface area (Å²) in [5.41, 5.74) is -1.18. The first-order chi connectivity index (χ1) is 15.2. The van der Waals surface area contributed by atoms with Crippen molar-refractivity contribution in [1.82, 2.24) is 20.2 Å². The van der Waals surface area contributed by atoms with Crippen LogP contribution in [-0.4, -0.2) is 58.0 Å². The van der Waals surface area contributed by atoms with Gasteiger partial charge >= 0.3 is 0 Å². The van der Waals surface area contributed by atoms with Gasteiger partial charge in [0.15, 0.2) is 11.5 Å². The minimum atomic E-state index is -0.786. The Hall–Kier alpha value is -2.82. The highest BCUT2D eigenvalue weighted by Crippen LogP contribution is 2.36. The number of benzene rings is 1. The van der Waals surface area contributed by atoms with Crippen LogP contribution in [0, 0.1) is 5.82 Å². The third kappa shape index (κ3) is 4.38. The van der Waals surface area contributed by atoms with Gasteiger partial charge in [0, 0.05) is 32.5 Å². The molecule has 0 atom stereocenters. The van der Waals surface area contributed by atoms with Crippen molar-refractivity contribution < 1.29 is 23.8 Å². The Morgan fingerprint density at radius 2 is 1.88 bits per heavy atom. The van der Waals surface area contributed by atoms with Crippen molar-refractivity contribution in [2.45, 2.75) is 44.6 Å².